The summed E-state index contributed by atoms with van der Waals surface area (Å²) in [7, 11) is 0. The van der Waals surface area contributed by atoms with Crippen molar-refractivity contribution in [3.8, 4) is 11.3 Å². The topological polar surface area (TPSA) is 81.3 Å². The molecule has 0 fully saturated rings. The van der Waals surface area contributed by atoms with Crippen LogP contribution in [0, 0.1) is 13.8 Å². The molecule has 30 heavy (non-hydrogen) atoms. The van der Waals surface area contributed by atoms with Crippen LogP contribution in [0.1, 0.15) is 16.7 Å². The monoisotopic (exact) mass is 465 g/mol. The molecule has 152 valence electrons. The Morgan fingerprint density at radius 3 is 2.77 bits per heavy atom. The average molecular weight is 466 g/mol. The van der Waals surface area contributed by atoms with E-state index in [4.69, 9.17) is 0 Å². The lowest BCUT2D eigenvalue weighted by molar-refractivity contribution is -0.122. The smallest absolute Gasteiger partial charge is 0.293 e. The maximum atomic E-state index is 12.8. The van der Waals surface area contributed by atoms with Crippen LogP contribution in [0.5, 0.6) is 0 Å². The van der Waals surface area contributed by atoms with Gasteiger partial charge in [0.25, 0.3) is 5.56 Å². The van der Waals surface area contributed by atoms with Crippen LogP contribution in [0.4, 0.5) is 0 Å². The summed E-state index contributed by atoms with van der Waals surface area (Å²) in [6.07, 6.45) is 1.45. The number of fused-ring (bicyclic) bond motifs is 1. The number of rotatable bonds is 5. The third kappa shape index (κ3) is 4.18. The van der Waals surface area contributed by atoms with Gasteiger partial charge in [0.15, 0.2) is 0 Å². The van der Waals surface area contributed by atoms with Crippen molar-refractivity contribution in [2.45, 2.75) is 26.9 Å². The number of aryl methyl sites for hydroxylation is 2. The van der Waals surface area contributed by atoms with Gasteiger partial charge in [0.2, 0.25) is 5.91 Å². The first-order valence-corrected chi connectivity index (χ1v) is 10.2. The van der Waals surface area contributed by atoms with Gasteiger partial charge >= 0.3 is 0 Å². The zero-order valence-electron chi connectivity index (χ0n) is 16.6. The van der Waals surface area contributed by atoms with Crippen molar-refractivity contribution >= 4 is 27.4 Å². The molecule has 1 N–H and O–H groups in total. The van der Waals surface area contributed by atoms with E-state index in [0.717, 1.165) is 31.4 Å². The first-order valence-electron chi connectivity index (χ1n) is 9.45. The molecule has 0 saturated heterocycles. The Bertz CT molecular complexity index is 1310. The van der Waals surface area contributed by atoms with E-state index in [1.807, 2.05) is 56.3 Å². The number of hydrogen-bond acceptors (Lipinski definition) is 4. The van der Waals surface area contributed by atoms with Crippen molar-refractivity contribution in [1.29, 1.82) is 0 Å². The number of carbonyl (C=O) groups excluding carboxylic acids is 1. The van der Waals surface area contributed by atoms with E-state index in [-0.39, 0.29) is 18.0 Å². The van der Waals surface area contributed by atoms with Crippen molar-refractivity contribution in [2.24, 2.45) is 0 Å². The van der Waals surface area contributed by atoms with Crippen molar-refractivity contribution in [1.82, 2.24) is 24.7 Å². The lowest BCUT2D eigenvalue weighted by Crippen LogP contribution is -2.34. The van der Waals surface area contributed by atoms with E-state index < -0.39 is 0 Å². The summed E-state index contributed by atoms with van der Waals surface area (Å²) in [4.78, 5) is 25.2. The second kappa shape index (κ2) is 8.23. The lowest BCUT2D eigenvalue weighted by Gasteiger charge is -2.07. The molecule has 2 aromatic carbocycles. The Morgan fingerprint density at radius 1 is 1.13 bits per heavy atom. The minimum Gasteiger partial charge on any atom is -0.350 e. The maximum Gasteiger partial charge on any atom is 0.293 e. The SMILES string of the molecule is Cc1ccc(C)c(-c2cc3c(=O)n(CC(=O)NCc4cccc(Br)c4)ncn3n2)c1. The molecule has 0 bridgehead atoms. The molecule has 0 saturated carbocycles. The predicted molar refractivity (Wildman–Crippen MR) is 118 cm³/mol. The average Bonchev–Trinajstić information content (AvgIpc) is 3.15. The van der Waals surface area contributed by atoms with Crippen molar-refractivity contribution in [3.63, 3.8) is 0 Å². The van der Waals surface area contributed by atoms with Crippen molar-refractivity contribution in [2.75, 3.05) is 0 Å². The molecule has 0 atom stereocenters. The second-order valence-electron chi connectivity index (χ2n) is 7.18. The molecule has 4 rings (SSSR count). The van der Waals surface area contributed by atoms with Gasteiger partial charge in [-0.1, -0.05) is 45.8 Å². The fourth-order valence-electron chi connectivity index (χ4n) is 3.23. The van der Waals surface area contributed by atoms with E-state index in [1.54, 1.807) is 6.07 Å². The Hall–Kier alpha value is -3.26. The maximum absolute atomic E-state index is 12.8. The highest BCUT2D eigenvalue weighted by Crippen LogP contribution is 2.23. The van der Waals surface area contributed by atoms with Gasteiger partial charge < -0.3 is 5.32 Å². The second-order valence-corrected chi connectivity index (χ2v) is 8.09. The van der Waals surface area contributed by atoms with Crippen LogP contribution in [-0.2, 0) is 17.9 Å². The van der Waals surface area contributed by atoms with Crippen LogP contribution in [0.25, 0.3) is 16.8 Å². The lowest BCUT2D eigenvalue weighted by atomic mass is 10.0. The molecule has 1 amide bonds. The number of carbonyl (C=O) groups is 1. The molecule has 0 aliphatic heterocycles. The highest BCUT2D eigenvalue weighted by molar-refractivity contribution is 9.10. The minimum atomic E-state index is -0.362. The molecular formula is C22H20BrN5O2. The number of halogens is 1. The summed E-state index contributed by atoms with van der Waals surface area (Å²) in [6.45, 7) is 4.23. The predicted octanol–water partition coefficient (Wildman–Crippen LogP) is 3.25. The summed E-state index contributed by atoms with van der Waals surface area (Å²) in [5.41, 5.74) is 4.83. The molecule has 2 heterocycles. The van der Waals surface area contributed by atoms with Crippen LogP contribution in [0.2, 0.25) is 0 Å². The van der Waals surface area contributed by atoms with E-state index in [1.165, 1.54) is 10.8 Å². The fourth-order valence-corrected chi connectivity index (χ4v) is 3.68. The zero-order valence-corrected chi connectivity index (χ0v) is 18.2. The number of hydrogen-bond donors (Lipinski definition) is 1. The van der Waals surface area contributed by atoms with Gasteiger partial charge in [0.05, 0.1) is 5.69 Å². The summed E-state index contributed by atoms with van der Waals surface area (Å²) in [5, 5.41) is 11.4. The van der Waals surface area contributed by atoms with Gasteiger partial charge in [-0.2, -0.15) is 10.2 Å². The number of benzene rings is 2. The molecule has 0 aliphatic rings. The van der Waals surface area contributed by atoms with E-state index in [2.05, 4.69) is 31.4 Å². The first kappa shape index (κ1) is 20.0. The van der Waals surface area contributed by atoms with E-state index in [9.17, 15) is 9.59 Å². The summed E-state index contributed by atoms with van der Waals surface area (Å²) < 4.78 is 3.55. The standard InChI is InChI=1S/C22H20BrN5O2/c1-14-6-7-15(2)18(8-14)19-10-20-22(30)27(25-13-28(20)26-19)12-21(29)24-11-16-4-3-5-17(23)9-16/h3-10,13H,11-12H2,1-2H3,(H,24,29). The number of aromatic nitrogens is 4. The first-order chi connectivity index (χ1) is 14.4. The molecule has 0 radical (unpaired) electrons. The largest absolute Gasteiger partial charge is 0.350 e. The molecular weight excluding hydrogens is 446 g/mol. The zero-order chi connectivity index (χ0) is 21.3. The normalized spacial score (nSPS) is 11.0. The van der Waals surface area contributed by atoms with Crippen molar-refractivity contribution < 1.29 is 4.79 Å². The molecule has 2 aromatic heterocycles. The van der Waals surface area contributed by atoms with Crippen LogP contribution in [-0.4, -0.2) is 25.3 Å². The Balaban J connectivity index is 1.55. The van der Waals surface area contributed by atoms with E-state index >= 15 is 0 Å². The Morgan fingerprint density at radius 2 is 1.97 bits per heavy atom. The minimum absolute atomic E-state index is 0.159. The molecule has 7 nitrogen and oxygen atoms in total. The summed E-state index contributed by atoms with van der Waals surface area (Å²) in [5.74, 6) is -0.289. The van der Waals surface area contributed by atoms with E-state index in [0.29, 0.717) is 17.8 Å². The number of nitrogens with one attached hydrogen (secondary N) is 1. The van der Waals surface area contributed by atoms with Gasteiger partial charge in [-0.05, 0) is 49.2 Å². The third-order valence-electron chi connectivity index (χ3n) is 4.83. The van der Waals surface area contributed by atoms with Gasteiger partial charge in [-0.3, -0.25) is 9.59 Å². The fraction of sp³-hybridized carbons (Fsp3) is 0.182. The Labute approximate surface area is 181 Å². The Kier molecular flexibility index (Phi) is 5.50. The number of nitrogens with zero attached hydrogens (tertiary/aromatic N) is 4. The molecule has 0 unspecified atom stereocenters. The molecule has 0 spiro atoms. The van der Waals surface area contributed by atoms with Crippen LogP contribution in [0.3, 0.4) is 0 Å². The third-order valence-corrected chi connectivity index (χ3v) is 5.32. The van der Waals surface area contributed by atoms with Crippen molar-refractivity contribution in [3.05, 3.63) is 86.4 Å². The van der Waals surface area contributed by atoms with Crippen LogP contribution >= 0.6 is 15.9 Å². The van der Waals surface area contributed by atoms with Crippen LogP contribution in [0.15, 0.2) is 64.1 Å². The molecule has 8 heteroatoms. The van der Waals surface area contributed by atoms with Gasteiger partial charge in [-0.15, -0.1) is 0 Å². The number of amides is 1. The van der Waals surface area contributed by atoms with Gasteiger partial charge in [-0.25, -0.2) is 9.20 Å². The highest BCUT2D eigenvalue weighted by atomic mass is 79.9. The van der Waals surface area contributed by atoms with Gasteiger partial charge in [0.1, 0.15) is 18.4 Å². The summed E-state index contributed by atoms with van der Waals surface area (Å²) in [6, 6.07) is 15.5. The summed E-state index contributed by atoms with van der Waals surface area (Å²) >= 11 is 3.41. The molecule has 4 aromatic rings. The van der Waals surface area contributed by atoms with Gasteiger partial charge in [0, 0.05) is 16.6 Å². The molecule has 0 aliphatic carbocycles. The highest BCUT2D eigenvalue weighted by Gasteiger charge is 2.13. The quantitative estimate of drug-likeness (QED) is 0.490. The van der Waals surface area contributed by atoms with Crippen LogP contribution < -0.4 is 10.9 Å².